The van der Waals surface area contributed by atoms with Crippen LogP contribution in [0.3, 0.4) is 0 Å². The van der Waals surface area contributed by atoms with Gasteiger partial charge in [-0.15, -0.1) is 0 Å². The fourth-order valence-electron chi connectivity index (χ4n) is 3.35. The van der Waals surface area contributed by atoms with Crippen LogP contribution in [0, 0.1) is 0 Å². The lowest BCUT2D eigenvalue weighted by atomic mass is 9.95. The van der Waals surface area contributed by atoms with E-state index < -0.39 is 26.9 Å². The van der Waals surface area contributed by atoms with Crippen LogP contribution in [-0.2, 0) is 14.6 Å². The molecule has 10 heteroatoms. The van der Waals surface area contributed by atoms with E-state index in [4.69, 9.17) is 27.9 Å². The fraction of sp³-hybridized carbons (Fsp3) is 0.500. The van der Waals surface area contributed by atoms with Gasteiger partial charge in [-0.1, -0.05) is 29.3 Å². The van der Waals surface area contributed by atoms with Gasteiger partial charge in [0.25, 0.3) is 0 Å². The number of phenolic OH excluding ortho intramolecular Hbond substituents is 1. The van der Waals surface area contributed by atoms with E-state index >= 15 is 0 Å². The maximum Gasteiger partial charge on any atom is 0.319 e. The summed E-state index contributed by atoms with van der Waals surface area (Å²) in [5.74, 6) is -0.574. The van der Waals surface area contributed by atoms with Crippen molar-refractivity contribution in [2.75, 3.05) is 11.9 Å². The first kappa shape index (κ1) is 21.2. The van der Waals surface area contributed by atoms with Crippen molar-refractivity contribution in [3.8, 4) is 5.75 Å². The Morgan fingerprint density at radius 3 is 2.64 bits per heavy atom. The Labute approximate surface area is 174 Å². The molecule has 0 spiro atoms. The number of anilines is 1. The van der Waals surface area contributed by atoms with Crippen LogP contribution in [0.25, 0.3) is 0 Å². The molecule has 3 N–H and O–H groups in total. The molecule has 28 heavy (non-hydrogen) atoms. The molecule has 2 aliphatic carbocycles. The molecule has 1 aromatic carbocycles. The summed E-state index contributed by atoms with van der Waals surface area (Å²) in [7, 11) is -3.87. The van der Waals surface area contributed by atoms with Crippen LogP contribution in [0.15, 0.2) is 28.1 Å². The van der Waals surface area contributed by atoms with Crippen molar-refractivity contribution >= 4 is 44.8 Å². The molecule has 2 amide bonds. The topological polar surface area (TPSA) is 105 Å². The molecule has 0 aromatic heterocycles. The molecule has 0 unspecified atom stereocenters. The third kappa shape index (κ3) is 4.25. The van der Waals surface area contributed by atoms with Crippen LogP contribution < -0.4 is 10.6 Å². The summed E-state index contributed by atoms with van der Waals surface area (Å²) < 4.78 is 31.2. The van der Waals surface area contributed by atoms with E-state index in [1.807, 2.05) is 13.0 Å². The van der Waals surface area contributed by atoms with E-state index in [2.05, 4.69) is 10.6 Å². The van der Waals surface area contributed by atoms with Crippen molar-refractivity contribution in [1.29, 1.82) is 0 Å². The van der Waals surface area contributed by atoms with Gasteiger partial charge in [0.15, 0.2) is 15.6 Å². The van der Waals surface area contributed by atoms with Gasteiger partial charge >= 0.3 is 6.03 Å². The molecule has 0 saturated heterocycles. The maximum absolute atomic E-state index is 12.9. The average Bonchev–Trinajstić information content (AvgIpc) is 2.97. The second-order valence-electron chi connectivity index (χ2n) is 6.81. The molecule has 0 aliphatic heterocycles. The smallest absolute Gasteiger partial charge is 0.319 e. The quantitative estimate of drug-likeness (QED) is 0.574. The minimum atomic E-state index is -3.87. The molecule has 1 aromatic rings. The van der Waals surface area contributed by atoms with E-state index in [-0.39, 0.29) is 27.8 Å². The molecule has 154 valence electrons. The van der Waals surface area contributed by atoms with E-state index in [1.54, 1.807) is 0 Å². The monoisotopic (exact) mass is 448 g/mol. The van der Waals surface area contributed by atoms with Gasteiger partial charge in [-0.2, -0.15) is 0 Å². The van der Waals surface area contributed by atoms with Crippen molar-refractivity contribution in [3.05, 3.63) is 28.3 Å². The second-order valence-corrected chi connectivity index (χ2v) is 9.81. The molecule has 0 heterocycles. The summed E-state index contributed by atoms with van der Waals surface area (Å²) in [4.78, 5) is 11.8. The van der Waals surface area contributed by atoms with Crippen molar-refractivity contribution in [2.45, 2.75) is 54.9 Å². The van der Waals surface area contributed by atoms with E-state index in [9.17, 15) is 18.3 Å². The zero-order valence-corrected chi connectivity index (χ0v) is 17.6. The van der Waals surface area contributed by atoms with Gasteiger partial charge in [-0.05, 0) is 44.7 Å². The highest BCUT2D eigenvalue weighted by Crippen LogP contribution is 2.43. The molecule has 7 nitrogen and oxygen atoms in total. The summed E-state index contributed by atoms with van der Waals surface area (Å²) >= 11 is 12.1. The van der Waals surface area contributed by atoms with Crippen LogP contribution in [0.1, 0.15) is 32.6 Å². The molecule has 1 saturated carbocycles. The number of hydrogen-bond acceptors (Lipinski definition) is 5. The number of carbonyl (C=O) groups is 1. The summed E-state index contributed by atoms with van der Waals surface area (Å²) in [6, 6.07) is 1.79. The number of aromatic hydroxyl groups is 1. The number of carbonyl (C=O) groups excluding carboxylic acids is 1. The summed E-state index contributed by atoms with van der Waals surface area (Å²) in [5.41, 5.74) is -0.0424. The highest BCUT2D eigenvalue weighted by Gasteiger charge is 2.42. The van der Waals surface area contributed by atoms with Crippen molar-refractivity contribution in [1.82, 2.24) is 5.32 Å². The Bertz CT molecular complexity index is 897. The number of benzene rings is 1. The Kier molecular flexibility index (Phi) is 6.44. The minimum absolute atomic E-state index is 0.0424. The molecule has 2 aliphatic rings. The number of sulfone groups is 1. The van der Waals surface area contributed by atoms with Crippen LogP contribution >= 0.6 is 23.2 Å². The first-order valence-corrected chi connectivity index (χ1v) is 11.3. The molecular formula is C18H22Cl2N2O5S. The van der Waals surface area contributed by atoms with Crippen molar-refractivity contribution in [3.63, 3.8) is 0 Å². The Hall–Kier alpha value is -1.48. The second kappa shape index (κ2) is 8.49. The number of rotatable bonds is 6. The highest BCUT2D eigenvalue weighted by molar-refractivity contribution is 7.92. The standard InChI is InChI=1S/C18H22Cl2N2O5S/c1-2-27-10-8-11(9-10)28(25,26)17-13(20)6-7-15(16(17)23)22-18(24)21-14-5-3-4-12(14)19/h4,6-7,10-11,14,23H,2-3,5,8-9H2,1H3,(H2,21,22,24)/t10?,11?,14-/m1/s1. The fourth-order valence-corrected chi connectivity index (χ4v) is 6.09. The number of ether oxygens (including phenoxy) is 1. The predicted molar refractivity (Wildman–Crippen MR) is 108 cm³/mol. The van der Waals surface area contributed by atoms with Gasteiger partial charge in [0.05, 0.1) is 28.1 Å². The average molecular weight is 449 g/mol. The lowest BCUT2D eigenvalue weighted by Crippen LogP contribution is -2.41. The lowest BCUT2D eigenvalue weighted by Gasteiger charge is -2.34. The number of urea groups is 1. The zero-order valence-electron chi connectivity index (χ0n) is 15.2. The van der Waals surface area contributed by atoms with Crippen molar-refractivity contribution < 1.29 is 23.1 Å². The van der Waals surface area contributed by atoms with Gasteiger partial charge in [0.2, 0.25) is 0 Å². The maximum atomic E-state index is 12.9. The summed E-state index contributed by atoms with van der Waals surface area (Å²) in [6.07, 6.45) is 3.85. The molecule has 3 rings (SSSR count). The third-order valence-corrected chi connectivity index (χ3v) is 8.03. The van der Waals surface area contributed by atoms with Gasteiger partial charge in [-0.25, -0.2) is 13.2 Å². The first-order chi connectivity index (χ1) is 13.2. The number of amides is 2. The summed E-state index contributed by atoms with van der Waals surface area (Å²) in [5, 5.41) is 15.5. The largest absolute Gasteiger partial charge is 0.504 e. The molecule has 1 fully saturated rings. The Morgan fingerprint density at radius 1 is 1.32 bits per heavy atom. The lowest BCUT2D eigenvalue weighted by molar-refractivity contribution is 0.0122. The highest BCUT2D eigenvalue weighted by atomic mass is 35.5. The van der Waals surface area contributed by atoms with Crippen LogP contribution in [0.4, 0.5) is 10.5 Å². The minimum Gasteiger partial charge on any atom is -0.504 e. The number of allylic oxidation sites excluding steroid dienone is 1. The number of phenols is 1. The van der Waals surface area contributed by atoms with Crippen LogP contribution in [-0.4, -0.2) is 43.6 Å². The van der Waals surface area contributed by atoms with Crippen LogP contribution in [0.2, 0.25) is 5.02 Å². The van der Waals surface area contributed by atoms with Gasteiger partial charge in [0, 0.05) is 11.6 Å². The SMILES string of the molecule is CCOC1CC(S(=O)(=O)c2c(Cl)ccc(NC(=O)N[C@@H]3CCC=C3Cl)c2O)C1. The number of nitrogens with one attached hydrogen (secondary N) is 2. The first-order valence-electron chi connectivity index (χ1n) is 9.04. The molecule has 0 bridgehead atoms. The van der Waals surface area contributed by atoms with E-state index in [0.29, 0.717) is 30.9 Å². The predicted octanol–water partition coefficient (Wildman–Crippen LogP) is 3.79. The third-order valence-electron chi connectivity index (χ3n) is 4.94. The number of halogens is 2. The van der Waals surface area contributed by atoms with Crippen LogP contribution in [0.5, 0.6) is 5.75 Å². The molecule has 0 radical (unpaired) electrons. The normalized spacial score (nSPS) is 24.4. The Balaban J connectivity index is 1.76. The molecular weight excluding hydrogens is 427 g/mol. The Morgan fingerprint density at radius 2 is 2.04 bits per heavy atom. The molecule has 1 atom stereocenters. The summed E-state index contributed by atoms with van der Waals surface area (Å²) in [6.45, 7) is 2.36. The van der Waals surface area contributed by atoms with Gasteiger partial charge in [0.1, 0.15) is 4.90 Å². The zero-order chi connectivity index (χ0) is 20.5. The van der Waals surface area contributed by atoms with E-state index in [0.717, 1.165) is 6.42 Å². The van der Waals surface area contributed by atoms with Gasteiger partial charge in [-0.3, -0.25) is 0 Å². The number of hydrogen-bond donors (Lipinski definition) is 3. The van der Waals surface area contributed by atoms with Crippen molar-refractivity contribution in [2.24, 2.45) is 0 Å². The van der Waals surface area contributed by atoms with Gasteiger partial charge < -0.3 is 20.5 Å². The van der Waals surface area contributed by atoms with E-state index in [1.165, 1.54) is 12.1 Å².